The number of benzene rings is 2. The minimum atomic E-state index is -3.47. The van der Waals surface area contributed by atoms with E-state index in [1.807, 2.05) is 36.4 Å². The fourth-order valence-electron chi connectivity index (χ4n) is 4.55. The third kappa shape index (κ3) is 5.49. The molecule has 8 aromatic rings. The molecule has 0 aliphatic rings. The van der Waals surface area contributed by atoms with E-state index in [1.165, 1.54) is 50.8 Å². The van der Waals surface area contributed by atoms with Gasteiger partial charge in [0.15, 0.2) is 0 Å². The maximum Gasteiger partial charge on any atom is 0.277 e. The first-order valence-electron chi connectivity index (χ1n) is 13.2. The molecule has 0 radical (unpaired) electrons. The normalized spacial score (nSPS) is 12.0. The third-order valence-electron chi connectivity index (χ3n) is 6.72. The van der Waals surface area contributed by atoms with E-state index in [1.54, 1.807) is 83.9 Å². The Bertz CT molecular complexity index is 2190. The van der Waals surface area contributed by atoms with Crippen LogP contribution in [0.4, 0.5) is 0 Å². The molecule has 0 aliphatic carbocycles. The molecule has 8 rings (SSSR count). The number of nitrogens with zero attached hydrogens (tertiary/aromatic N) is 2. The first-order chi connectivity index (χ1) is 21.3. The van der Waals surface area contributed by atoms with E-state index in [4.69, 9.17) is 0 Å². The average molecular weight is 691 g/mol. The highest BCUT2D eigenvalue weighted by atomic mass is 32.3. The van der Waals surface area contributed by atoms with Crippen molar-refractivity contribution in [1.82, 2.24) is 7.94 Å². The minimum absolute atomic E-state index is 0.358. The van der Waals surface area contributed by atoms with Gasteiger partial charge in [0.2, 0.25) is 0 Å². The van der Waals surface area contributed by atoms with Crippen molar-refractivity contribution in [3.63, 3.8) is 0 Å². The van der Waals surface area contributed by atoms with Crippen molar-refractivity contribution in [3.05, 3.63) is 134 Å². The van der Waals surface area contributed by atoms with Gasteiger partial charge >= 0.3 is 0 Å². The zero-order chi connectivity index (χ0) is 30.3. The standard InChI is InChI=1S/2C16H11NO2S3/c2*18-22(19,17-9-3-4-10-17)16-8-7-14(21-16)15-11-12-5-1-2-6-13(12)20-15/h2*1-11H. The summed E-state index contributed by atoms with van der Waals surface area (Å²) in [5.74, 6) is 0. The van der Waals surface area contributed by atoms with Gasteiger partial charge in [-0.25, -0.2) is 7.94 Å². The number of rotatable bonds is 6. The summed E-state index contributed by atoms with van der Waals surface area (Å²) >= 11 is 5.98. The second kappa shape index (κ2) is 11.6. The van der Waals surface area contributed by atoms with Crippen LogP contribution in [0.25, 0.3) is 39.7 Å². The van der Waals surface area contributed by atoms with Crippen LogP contribution in [0.1, 0.15) is 0 Å². The highest BCUT2D eigenvalue weighted by Crippen LogP contribution is 2.40. The lowest BCUT2D eigenvalue weighted by Crippen LogP contribution is -2.08. The molecule has 220 valence electrons. The van der Waals surface area contributed by atoms with Crippen molar-refractivity contribution in [1.29, 1.82) is 0 Å². The topological polar surface area (TPSA) is 78.1 Å². The fraction of sp³-hybridized carbons (Fsp3) is 0. The lowest BCUT2D eigenvalue weighted by atomic mass is 10.2. The largest absolute Gasteiger partial charge is 0.277 e. The summed E-state index contributed by atoms with van der Waals surface area (Å²) in [6, 6.07) is 34.5. The fourth-order valence-corrected chi connectivity index (χ4v) is 12.0. The van der Waals surface area contributed by atoms with Gasteiger partial charge < -0.3 is 0 Å². The molecule has 0 N–H and O–H groups in total. The quantitative estimate of drug-likeness (QED) is 0.174. The number of fused-ring (bicyclic) bond motifs is 2. The number of hydrogen-bond donors (Lipinski definition) is 0. The van der Waals surface area contributed by atoms with Crippen molar-refractivity contribution in [3.8, 4) is 19.5 Å². The Morgan fingerprint density at radius 3 is 1.18 bits per heavy atom. The smallest absolute Gasteiger partial charge is 0.248 e. The molecular formula is C32H22N2O4S6. The maximum absolute atomic E-state index is 12.5. The van der Waals surface area contributed by atoms with Gasteiger partial charge in [0.25, 0.3) is 20.0 Å². The van der Waals surface area contributed by atoms with Crippen LogP contribution in [-0.2, 0) is 20.0 Å². The highest BCUT2D eigenvalue weighted by molar-refractivity contribution is 7.92. The van der Waals surface area contributed by atoms with Gasteiger partial charge in [-0.3, -0.25) is 0 Å². The van der Waals surface area contributed by atoms with Crippen LogP contribution in [0, 0.1) is 0 Å². The van der Waals surface area contributed by atoms with Crippen LogP contribution >= 0.6 is 45.3 Å². The summed E-state index contributed by atoms with van der Waals surface area (Å²) in [4.78, 5) is 4.15. The number of aromatic nitrogens is 2. The molecule has 0 amide bonds. The van der Waals surface area contributed by atoms with Crippen molar-refractivity contribution < 1.29 is 16.8 Å². The molecule has 0 saturated heterocycles. The number of thiophene rings is 4. The maximum atomic E-state index is 12.5. The van der Waals surface area contributed by atoms with Crippen molar-refractivity contribution in [2.45, 2.75) is 8.42 Å². The molecule has 0 atom stereocenters. The number of hydrogen-bond acceptors (Lipinski definition) is 8. The minimum Gasteiger partial charge on any atom is -0.248 e. The van der Waals surface area contributed by atoms with E-state index < -0.39 is 20.0 Å². The molecule has 6 heterocycles. The summed E-state index contributed by atoms with van der Waals surface area (Å²) in [5, 5.41) is 2.37. The zero-order valence-electron chi connectivity index (χ0n) is 22.7. The molecular weight excluding hydrogens is 669 g/mol. The van der Waals surface area contributed by atoms with Gasteiger partial charge in [-0.05, 0) is 83.6 Å². The van der Waals surface area contributed by atoms with E-state index >= 15 is 0 Å². The van der Waals surface area contributed by atoms with Crippen LogP contribution in [0.5, 0.6) is 0 Å². The molecule has 0 unspecified atom stereocenters. The Hall–Kier alpha value is -3.78. The van der Waals surface area contributed by atoms with Crippen LogP contribution in [0.3, 0.4) is 0 Å². The second-order valence-electron chi connectivity index (χ2n) is 9.57. The van der Waals surface area contributed by atoms with E-state index in [0.29, 0.717) is 8.42 Å². The van der Waals surface area contributed by atoms with Crippen LogP contribution in [0.15, 0.2) is 142 Å². The first kappa shape index (κ1) is 29.0. The molecule has 0 spiro atoms. The summed E-state index contributed by atoms with van der Waals surface area (Å²) in [7, 11) is -6.95. The lowest BCUT2D eigenvalue weighted by molar-refractivity contribution is 0.588. The lowest BCUT2D eigenvalue weighted by Gasteiger charge is -2.01. The van der Waals surface area contributed by atoms with Gasteiger partial charge in [-0.1, -0.05) is 36.4 Å². The van der Waals surface area contributed by atoms with Crippen molar-refractivity contribution in [2.75, 3.05) is 0 Å². The predicted molar refractivity (Wildman–Crippen MR) is 184 cm³/mol. The Labute approximate surface area is 270 Å². The molecule has 0 bridgehead atoms. The van der Waals surface area contributed by atoms with Crippen molar-refractivity contribution >= 4 is 85.6 Å². The van der Waals surface area contributed by atoms with Gasteiger partial charge in [0.05, 0.1) is 0 Å². The van der Waals surface area contributed by atoms with E-state index in [2.05, 4.69) is 36.4 Å². The summed E-state index contributed by atoms with van der Waals surface area (Å²) < 4.78 is 55.6. The van der Waals surface area contributed by atoms with Crippen LogP contribution < -0.4 is 0 Å². The monoisotopic (exact) mass is 690 g/mol. The summed E-state index contributed by atoms with van der Waals surface area (Å²) in [6.07, 6.45) is 6.20. The Morgan fingerprint density at radius 1 is 0.409 bits per heavy atom. The average Bonchev–Trinajstić information content (AvgIpc) is 3.87. The Morgan fingerprint density at radius 2 is 0.795 bits per heavy atom. The second-order valence-corrected chi connectivity index (χ2v) is 18.0. The molecule has 6 nitrogen and oxygen atoms in total. The van der Waals surface area contributed by atoms with Gasteiger partial charge in [-0.15, -0.1) is 45.3 Å². The van der Waals surface area contributed by atoms with Gasteiger partial charge in [0, 0.05) is 53.7 Å². The molecule has 0 saturated carbocycles. The first-order valence-corrected chi connectivity index (χ1v) is 19.4. The van der Waals surface area contributed by atoms with E-state index in [-0.39, 0.29) is 0 Å². The summed E-state index contributed by atoms with van der Waals surface area (Å²) in [5.41, 5.74) is 0. The summed E-state index contributed by atoms with van der Waals surface area (Å²) in [6.45, 7) is 0. The van der Waals surface area contributed by atoms with Crippen molar-refractivity contribution in [2.24, 2.45) is 0 Å². The molecule has 0 aliphatic heterocycles. The third-order valence-corrected chi connectivity index (χ3v) is 15.8. The molecule has 0 fully saturated rings. The van der Waals surface area contributed by atoms with Crippen LogP contribution in [0.2, 0.25) is 0 Å². The van der Waals surface area contributed by atoms with Gasteiger partial charge in [-0.2, -0.15) is 16.8 Å². The Kier molecular flexibility index (Phi) is 7.65. The molecule has 44 heavy (non-hydrogen) atoms. The Balaban J connectivity index is 0.000000142. The zero-order valence-corrected chi connectivity index (χ0v) is 27.6. The SMILES string of the molecule is O=S(=O)(c1ccc(-c2cc3ccccc3s2)s1)n1cccc1.O=S(=O)(c1ccc(-c2cc3ccccc3s2)s1)n1cccc1. The van der Waals surface area contributed by atoms with E-state index in [9.17, 15) is 16.8 Å². The van der Waals surface area contributed by atoms with E-state index in [0.717, 1.165) is 19.5 Å². The molecule has 12 heteroatoms. The van der Waals surface area contributed by atoms with Crippen LogP contribution in [-0.4, -0.2) is 24.8 Å². The highest BCUT2D eigenvalue weighted by Gasteiger charge is 2.20. The molecule has 2 aromatic carbocycles. The predicted octanol–water partition coefficient (Wildman–Crippen LogP) is 9.34. The molecule has 6 aromatic heterocycles. The van der Waals surface area contributed by atoms with Gasteiger partial charge in [0.1, 0.15) is 8.42 Å².